The summed E-state index contributed by atoms with van der Waals surface area (Å²) in [6, 6.07) is 0. The molecular formula is C14H20N6OS. The van der Waals surface area contributed by atoms with Crippen LogP contribution in [0.3, 0.4) is 0 Å². The summed E-state index contributed by atoms with van der Waals surface area (Å²) >= 11 is 1.44. The second-order valence-electron chi connectivity index (χ2n) is 6.40. The van der Waals surface area contributed by atoms with Gasteiger partial charge >= 0.3 is 0 Å². The lowest BCUT2D eigenvalue weighted by atomic mass is 9.89. The Morgan fingerprint density at radius 2 is 2.05 bits per heavy atom. The molecule has 1 saturated carbocycles. The Morgan fingerprint density at radius 3 is 2.73 bits per heavy atom. The number of rotatable bonds is 3. The van der Waals surface area contributed by atoms with Gasteiger partial charge in [0.2, 0.25) is 5.13 Å². The molecular weight excluding hydrogens is 300 g/mol. The fraction of sp³-hybridized carbons (Fsp3) is 0.714. The Kier molecular flexibility index (Phi) is 3.37. The highest BCUT2D eigenvalue weighted by molar-refractivity contribution is 7.09. The lowest BCUT2D eigenvalue weighted by Crippen LogP contribution is -2.60. The van der Waals surface area contributed by atoms with Crippen molar-refractivity contribution in [1.29, 1.82) is 0 Å². The highest BCUT2D eigenvalue weighted by Crippen LogP contribution is 2.38. The summed E-state index contributed by atoms with van der Waals surface area (Å²) in [5, 5.41) is 19.3. The number of β-amino-alcohol motifs (C(OH)–C–C–N with tert-alkyl or cyclic N) is 1. The normalized spacial score (nSPS) is 21.8. The first kappa shape index (κ1) is 14.1. The number of aromatic nitrogens is 5. The van der Waals surface area contributed by atoms with E-state index in [-0.39, 0.29) is 0 Å². The minimum Gasteiger partial charge on any atom is -0.380 e. The number of anilines is 1. The summed E-state index contributed by atoms with van der Waals surface area (Å²) in [4.78, 5) is 6.79. The summed E-state index contributed by atoms with van der Waals surface area (Å²) in [5.74, 6) is 1.53. The first-order valence-electron chi connectivity index (χ1n) is 7.82. The van der Waals surface area contributed by atoms with Crippen LogP contribution in [0.1, 0.15) is 49.5 Å². The summed E-state index contributed by atoms with van der Waals surface area (Å²) < 4.78 is 6.18. The van der Waals surface area contributed by atoms with Crippen LogP contribution in [0.15, 0.2) is 6.20 Å². The Morgan fingerprint density at radius 1 is 1.27 bits per heavy atom. The van der Waals surface area contributed by atoms with Crippen LogP contribution in [-0.4, -0.2) is 42.5 Å². The second kappa shape index (κ2) is 5.27. The van der Waals surface area contributed by atoms with Gasteiger partial charge in [-0.05, 0) is 12.8 Å². The Balaban J connectivity index is 1.45. The molecule has 1 aliphatic heterocycles. The minimum atomic E-state index is -0.880. The molecule has 4 rings (SSSR count). The summed E-state index contributed by atoms with van der Waals surface area (Å²) in [6.45, 7) is 1.04. The molecule has 0 atom stereocenters. The van der Waals surface area contributed by atoms with Crippen molar-refractivity contribution < 1.29 is 5.11 Å². The molecule has 22 heavy (non-hydrogen) atoms. The molecule has 0 bridgehead atoms. The minimum absolute atomic E-state index is 0.521. The van der Waals surface area contributed by atoms with Crippen LogP contribution in [0, 0.1) is 0 Å². The zero-order valence-electron chi connectivity index (χ0n) is 12.6. The molecule has 0 aromatic carbocycles. The van der Waals surface area contributed by atoms with E-state index in [9.17, 15) is 5.11 Å². The monoisotopic (exact) mass is 320 g/mol. The standard InChI is InChI=1S/C14H20N6OS/c1-19-11(7-15-18-19)14(21)8-20(9-14)13-16-12(17-22-13)10-5-3-2-4-6-10/h7,10,21H,2-6,8-9H2,1H3. The molecule has 1 saturated heterocycles. The van der Waals surface area contributed by atoms with E-state index in [1.165, 1.54) is 43.6 Å². The number of hydrogen-bond acceptors (Lipinski definition) is 7. The van der Waals surface area contributed by atoms with E-state index in [2.05, 4.69) is 19.6 Å². The van der Waals surface area contributed by atoms with Gasteiger partial charge < -0.3 is 10.0 Å². The smallest absolute Gasteiger partial charge is 0.205 e. The van der Waals surface area contributed by atoms with Crippen LogP contribution in [0.5, 0.6) is 0 Å². The molecule has 118 valence electrons. The zero-order chi connectivity index (χ0) is 15.2. The number of nitrogens with zero attached hydrogens (tertiary/aromatic N) is 6. The Labute approximate surface area is 133 Å². The van der Waals surface area contributed by atoms with E-state index in [0.29, 0.717) is 19.0 Å². The summed E-state index contributed by atoms with van der Waals surface area (Å²) in [6.07, 6.45) is 7.96. The molecule has 2 aromatic heterocycles. The lowest BCUT2D eigenvalue weighted by Gasteiger charge is -2.45. The van der Waals surface area contributed by atoms with Gasteiger partial charge in [0.1, 0.15) is 11.4 Å². The van der Waals surface area contributed by atoms with Crippen molar-refractivity contribution in [3.05, 3.63) is 17.7 Å². The van der Waals surface area contributed by atoms with Crippen LogP contribution < -0.4 is 4.90 Å². The topological polar surface area (TPSA) is 80.0 Å². The maximum Gasteiger partial charge on any atom is 0.205 e. The summed E-state index contributed by atoms with van der Waals surface area (Å²) in [7, 11) is 1.80. The average Bonchev–Trinajstić information content (AvgIpc) is 3.14. The molecule has 0 amide bonds. The number of hydrogen-bond donors (Lipinski definition) is 1. The van der Waals surface area contributed by atoms with Crippen molar-refractivity contribution >= 4 is 16.7 Å². The lowest BCUT2D eigenvalue weighted by molar-refractivity contribution is -0.0000681. The van der Waals surface area contributed by atoms with E-state index in [1.807, 2.05) is 0 Å². The molecule has 2 aromatic rings. The van der Waals surface area contributed by atoms with Crippen molar-refractivity contribution in [3.63, 3.8) is 0 Å². The van der Waals surface area contributed by atoms with Crippen LogP contribution >= 0.6 is 11.5 Å². The highest BCUT2D eigenvalue weighted by Gasteiger charge is 2.46. The highest BCUT2D eigenvalue weighted by atomic mass is 32.1. The van der Waals surface area contributed by atoms with E-state index < -0.39 is 5.60 Å². The first-order valence-corrected chi connectivity index (χ1v) is 8.59. The zero-order valence-corrected chi connectivity index (χ0v) is 13.5. The quantitative estimate of drug-likeness (QED) is 0.921. The molecule has 2 fully saturated rings. The van der Waals surface area contributed by atoms with E-state index in [1.54, 1.807) is 17.9 Å². The van der Waals surface area contributed by atoms with Gasteiger partial charge in [-0.15, -0.1) is 5.10 Å². The van der Waals surface area contributed by atoms with Crippen LogP contribution in [0.4, 0.5) is 5.13 Å². The molecule has 1 aliphatic carbocycles. The predicted molar refractivity (Wildman–Crippen MR) is 82.8 cm³/mol. The van der Waals surface area contributed by atoms with Crippen molar-refractivity contribution in [3.8, 4) is 0 Å². The molecule has 3 heterocycles. The van der Waals surface area contributed by atoms with E-state index in [4.69, 9.17) is 4.98 Å². The number of aryl methyl sites for hydroxylation is 1. The van der Waals surface area contributed by atoms with Crippen molar-refractivity contribution in [1.82, 2.24) is 24.4 Å². The third-order valence-corrected chi connectivity index (χ3v) is 5.56. The van der Waals surface area contributed by atoms with Gasteiger partial charge in [-0.25, -0.2) is 9.67 Å². The van der Waals surface area contributed by atoms with Crippen molar-refractivity contribution in [2.75, 3.05) is 18.0 Å². The van der Waals surface area contributed by atoms with E-state index in [0.717, 1.165) is 16.6 Å². The van der Waals surface area contributed by atoms with Crippen molar-refractivity contribution in [2.24, 2.45) is 7.05 Å². The van der Waals surface area contributed by atoms with Crippen LogP contribution in [0.25, 0.3) is 0 Å². The molecule has 0 unspecified atom stereocenters. The third kappa shape index (κ3) is 2.30. The maximum absolute atomic E-state index is 10.7. The Hall–Kier alpha value is -1.54. The van der Waals surface area contributed by atoms with Gasteiger partial charge in [0.25, 0.3) is 0 Å². The van der Waals surface area contributed by atoms with Crippen LogP contribution in [0.2, 0.25) is 0 Å². The molecule has 8 heteroatoms. The molecule has 0 radical (unpaired) electrons. The molecule has 1 N–H and O–H groups in total. The van der Waals surface area contributed by atoms with Gasteiger partial charge in [-0.3, -0.25) is 0 Å². The largest absolute Gasteiger partial charge is 0.380 e. The summed E-state index contributed by atoms with van der Waals surface area (Å²) in [5.41, 5.74) is -0.129. The SMILES string of the molecule is Cn1nncc1C1(O)CN(c2nc(C3CCCCC3)ns2)C1. The van der Waals surface area contributed by atoms with Gasteiger partial charge in [0, 0.05) is 24.5 Å². The second-order valence-corrected chi connectivity index (χ2v) is 7.13. The predicted octanol–water partition coefficient (Wildman–Crippen LogP) is 1.42. The Bertz CT molecular complexity index is 656. The van der Waals surface area contributed by atoms with Gasteiger partial charge in [0.15, 0.2) is 0 Å². The molecule has 0 spiro atoms. The maximum atomic E-state index is 10.7. The fourth-order valence-corrected chi connectivity index (χ4v) is 4.22. The van der Waals surface area contributed by atoms with E-state index >= 15 is 0 Å². The average molecular weight is 320 g/mol. The fourth-order valence-electron chi connectivity index (χ4n) is 3.47. The van der Waals surface area contributed by atoms with Gasteiger partial charge in [0.05, 0.1) is 25.0 Å². The third-order valence-electron chi connectivity index (χ3n) is 4.77. The number of aliphatic hydroxyl groups is 1. The molecule has 7 nitrogen and oxygen atoms in total. The first-order chi connectivity index (χ1) is 10.7. The molecule has 2 aliphatic rings. The van der Waals surface area contributed by atoms with Crippen LogP contribution in [-0.2, 0) is 12.6 Å². The van der Waals surface area contributed by atoms with Crippen molar-refractivity contribution in [2.45, 2.75) is 43.6 Å². The van der Waals surface area contributed by atoms with Gasteiger partial charge in [-0.2, -0.15) is 4.37 Å². The van der Waals surface area contributed by atoms with Gasteiger partial charge in [-0.1, -0.05) is 24.5 Å².